The van der Waals surface area contributed by atoms with Crippen molar-refractivity contribution in [3.05, 3.63) is 29.8 Å². The Labute approximate surface area is 215 Å². The highest BCUT2D eigenvalue weighted by atomic mass is 16.7. The van der Waals surface area contributed by atoms with Crippen LogP contribution in [0.25, 0.3) is 0 Å². The quantitative estimate of drug-likeness (QED) is 0.449. The molecule has 36 heavy (non-hydrogen) atoms. The number of rotatable bonds is 10. The second-order valence-corrected chi connectivity index (χ2v) is 10.9. The second-order valence-electron chi connectivity index (χ2n) is 10.9. The number of para-hydroxylation sites is 1. The lowest BCUT2D eigenvalue weighted by Gasteiger charge is -2.53. The highest BCUT2D eigenvalue weighted by molar-refractivity contribution is 5.82. The molecular weight excluding hydrogens is 460 g/mol. The molecule has 3 rings (SSSR count). The number of hydrogen-bond donors (Lipinski definition) is 3. The van der Waals surface area contributed by atoms with E-state index in [0.717, 1.165) is 5.56 Å². The number of nitrogens with two attached hydrogens (primary N) is 1. The highest BCUT2D eigenvalue weighted by Crippen LogP contribution is 2.54. The van der Waals surface area contributed by atoms with E-state index in [1.54, 1.807) is 19.1 Å². The van der Waals surface area contributed by atoms with Crippen LogP contribution in [0.4, 0.5) is 4.79 Å². The number of carbonyl (C=O) groups is 2. The van der Waals surface area contributed by atoms with Crippen LogP contribution in [0.2, 0.25) is 0 Å². The third kappa shape index (κ3) is 5.79. The van der Waals surface area contributed by atoms with Gasteiger partial charge in [-0.1, -0.05) is 45.9 Å². The van der Waals surface area contributed by atoms with Crippen molar-refractivity contribution in [2.24, 2.45) is 34.8 Å². The maximum absolute atomic E-state index is 13.7. The van der Waals surface area contributed by atoms with Gasteiger partial charge < -0.3 is 25.8 Å². The number of alkyl carbamates (subject to hydrolysis) is 1. The zero-order valence-electron chi connectivity index (χ0n) is 22.7. The molecule has 7 atom stereocenters. The monoisotopic (exact) mass is 504 g/mol. The average Bonchev–Trinajstić information content (AvgIpc) is 3.24. The number of amides is 2. The van der Waals surface area contributed by atoms with E-state index in [4.69, 9.17) is 20.0 Å². The largest absolute Gasteiger partial charge is 0.496 e. The normalized spacial score (nSPS) is 29.1. The highest BCUT2D eigenvalue weighted by Gasteiger charge is 2.51. The van der Waals surface area contributed by atoms with Gasteiger partial charge in [0.25, 0.3) is 0 Å². The number of methoxy groups -OCH3 is 1. The van der Waals surface area contributed by atoms with Crippen molar-refractivity contribution in [1.29, 1.82) is 0 Å². The third-order valence-electron chi connectivity index (χ3n) is 8.55. The van der Waals surface area contributed by atoms with E-state index in [0.29, 0.717) is 36.6 Å². The summed E-state index contributed by atoms with van der Waals surface area (Å²) in [6, 6.07) is 6.93. The minimum absolute atomic E-state index is 0.157. The van der Waals surface area contributed by atoms with Gasteiger partial charge in [0.1, 0.15) is 17.9 Å². The number of hydroxylamine groups is 2. The summed E-state index contributed by atoms with van der Waals surface area (Å²) in [4.78, 5) is 31.9. The van der Waals surface area contributed by atoms with Crippen LogP contribution < -0.4 is 21.1 Å². The molecule has 1 saturated heterocycles. The molecule has 2 amide bonds. The number of nitrogens with one attached hydrogen (secondary N) is 2. The van der Waals surface area contributed by atoms with Crippen LogP contribution in [0.1, 0.15) is 46.6 Å². The first kappa shape index (κ1) is 28.2. The van der Waals surface area contributed by atoms with Gasteiger partial charge in [0.05, 0.1) is 25.7 Å². The van der Waals surface area contributed by atoms with Crippen molar-refractivity contribution in [2.75, 3.05) is 27.2 Å². The predicted molar refractivity (Wildman–Crippen MR) is 138 cm³/mol. The smallest absolute Gasteiger partial charge is 0.407 e. The maximum atomic E-state index is 13.7. The van der Waals surface area contributed by atoms with Crippen LogP contribution in [-0.4, -0.2) is 62.6 Å². The van der Waals surface area contributed by atoms with Crippen LogP contribution in [0.3, 0.4) is 0 Å². The Morgan fingerprint density at radius 2 is 1.97 bits per heavy atom. The van der Waals surface area contributed by atoms with Gasteiger partial charge in [-0.15, -0.1) is 0 Å². The fourth-order valence-corrected chi connectivity index (χ4v) is 5.88. The van der Waals surface area contributed by atoms with Gasteiger partial charge in [-0.05, 0) is 42.6 Å². The van der Waals surface area contributed by atoms with Crippen LogP contribution in [-0.2, 0) is 20.9 Å². The lowest BCUT2D eigenvalue weighted by atomic mass is 9.52. The van der Waals surface area contributed by atoms with Crippen LogP contribution in [0.15, 0.2) is 24.3 Å². The van der Waals surface area contributed by atoms with E-state index in [2.05, 4.69) is 38.3 Å². The molecule has 9 nitrogen and oxygen atoms in total. The molecule has 1 aliphatic carbocycles. The summed E-state index contributed by atoms with van der Waals surface area (Å²) in [6.45, 7) is 12.0. The number of hydrogen-bond acceptors (Lipinski definition) is 7. The topological polar surface area (TPSA) is 115 Å². The van der Waals surface area contributed by atoms with Crippen molar-refractivity contribution in [3.8, 4) is 5.75 Å². The molecule has 0 bridgehead atoms. The maximum Gasteiger partial charge on any atom is 0.407 e. The van der Waals surface area contributed by atoms with Gasteiger partial charge in [0, 0.05) is 25.7 Å². The molecule has 0 radical (unpaired) electrons. The van der Waals surface area contributed by atoms with E-state index >= 15 is 0 Å². The van der Waals surface area contributed by atoms with Gasteiger partial charge in [-0.2, -0.15) is 5.06 Å². The lowest BCUT2D eigenvalue weighted by molar-refractivity contribution is -0.174. The van der Waals surface area contributed by atoms with Crippen LogP contribution in [0, 0.1) is 29.1 Å². The molecule has 1 aromatic rings. The Kier molecular flexibility index (Phi) is 9.24. The molecule has 9 heteroatoms. The second kappa shape index (κ2) is 11.8. The molecule has 1 aliphatic heterocycles. The van der Waals surface area contributed by atoms with Gasteiger partial charge in [0.15, 0.2) is 0 Å². The Morgan fingerprint density at radius 1 is 1.28 bits per heavy atom. The average molecular weight is 505 g/mol. The molecule has 1 aromatic carbocycles. The van der Waals surface area contributed by atoms with Crippen LogP contribution >= 0.6 is 0 Å². The van der Waals surface area contributed by atoms with Crippen molar-refractivity contribution < 1.29 is 23.9 Å². The van der Waals surface area contributed by atoms with E-state index in [1.807, 2.05) is 24.3 Å². The van der Waals surface area contributed by atoms with Crippen molar-refractivity contribution >= 4 is 12.0 Å². The Bertz CT molecular complexity index is 910. The van der Waals surface area contributed by atoms with Gasteiger partial charge in [-0.25, -0.2) is 4.79 Å². The molecule has 4 N–H and O–H groups in total. The zero-order chi connectivity index (χ0) is 26.6. The summed E-state index contributed by atoms with van der Waals surface area (Å²) in [5, 5.41) is 7.32. The first-order valence-corrected chi connectivity index (χ1v) is 13.0. The molecule has 0 spiro atoms. The third-order valence-corrected chi connectivity index (χ3v) is 8.55. The molecular formula is C27H44N4O5. The number of carbonyl (C=O) groups excluding carboxylic acids is 2. The van der Waals surface area contributed by atoms with E-state index in [9.17, 15) is 9.59 Å². The first-order chi connectivity index (χ1) is 17.0. The molecule has 0 aromatic heterocycles. The number of nitrogens with zero attached hydrogens (tertiary/aromatic N) is 1. The number of ether oxygens (including phenoxy) is 2. The summed E-state index contributed by atoms with van der Waals surface area (Å²) in [6.07, 6.45) is -0.471. The first-order valence-electron chi connectivity index (χ1n) is 13.0. The minimum Gasteiger partial charge on any atom is -0.496 e. The molecule has 2 fully saturated rings. The molecule has 1 saturated carbocycles. The lowest BCUT2D eigenvalue weighted by Crippen LogP contribution is -2.53. The fourth-order valence-electron chi connectivity index (χ4n) is 5.88. The summed E-state index contributed by atoms with van der Waals surface area (Å²) in [5.41, 5.74) is 7.21. The standard InChI is InChI=1S/C27H44N4O5/c1-16(20-12-17(2)27(20,4)5)14-30-25(32)24-23(18(3)35-26(33)29-6)22(13-28)36-31(24)15-19-10-8-9-11-21(19)34-7/h8-11,16-18,20,22-24H,12-15,28H2,1-7H3,(H,29,33)(H,30,32)/t16-,17+,18+,20+,22+,23-,24+/m1/s1. The summed E-state index contributed by atoms with van der Waals surface area (Å²) < 4.78 is 11.1. The molecule has 0 unspecified atom stereocenters. The van der Waals surface area contributed by atoms with Gasteiger partial charge in [0.2, 0.25) is 5.91 Å². The Morgan fingerprint density at radius 3 is 2.56 bits per heavy atom. The molecule has 202 valence electrons. The minimum atomic E-state index is -0.691. The Balaban J connectivity index is 1.82. The predicted octanol–water partition coefficient (Wildman–Crippen LogP) is 2.93. The van der Waals surface area contributed by atoms with Crippen molar-refractivity contribution in [1.82, 2.24) is 15.7 Å². The van der Waals surface area contributed by atoms with Crippen LogP contribution in [0.5, 0.6) is 5.75 Å². The summed E-state index contributed by atoms with van der Waals surface area (Å²) in [5.74, 6) is 1.68. The van der Waals surface area contributed by atoms with Crippen molar-refractivity contribution in [2.45, 2.75) is 65.8 Å². The summed E-state index contributed by atoms with van der Waals surface area (Å²) in [7, 11) is 3.12. The zero-order valence-corrected chi connectivity index (χ0v) is 22.7. The molecule has 2 aliphatic rings. The van der Waals surface area contributed by atoms with Gasteiger partial charge >= 0.3 is 6.09 Å². The van der Waals surface area contributed by atoms with Crippen molar-refractivity contribution in [3.63, 3.8) is 0 Å². The number of benzene rings is 1. The summed E-state index contributed by atoms with van der Waals surface area (Å²) >= 11 is 0. The fraction of sp³-hybridized carbons (Fsp3) is 0.704. The Hall–Kier alpha value is -2.36. The van der Waals surface area contributed by atoms with E-state index in [-0.39, 0.29) is 17.9 Å². The van der Waals surface area contributed by atoms with E-state index in [1.165, 1.54) is 13.5 Å². The van der Waals surface area contributed by atoms with Gasteiger partial charge in [-0.3, -0.25) is 9.63 Å². The SMILES string of the molecule is CNC(=O)O[C@@H](C)[C@@H]1[C@H](CN)ON(Cc2ccccc2OC)[C@@H]1C(=O)NC[C@@H](C)[C@@H]1C[C@H](C)C1(C)C. The van der Waals surface area contributed by atoms with E-state index < -0.39 is 30.3 Å². The molecule has 1 heterocycles.